The highest BCUT2D eigenvalue weighted by atomic mass is 15.3. The fraction of sp³-hybridized carbons (Fsp3) is 1.00. The van der Waals surface area contributed by atoms with Crippen molar-refractivity contribution in [1.29, 1.82) is 0 Å². The van der Waals surface area contributed by atoms with Crippen molar-refractivity contribution in [3.63, 3.8) is 0 Å². The van der Waals surface area contributed by atoms with E-state index in [4.69, 9.17) is 5.73 Å². The summed E-state index contributed by atoms with van der Waals surface area (Å²) in [7, 11) is 2.19. The van der Waals surface area contributed by atoms with E-state index >= 15 is 0 Å². The summed E-state index contributed by atoms with van der Waals surface area (Å²) in [6.07, 6.45) is 1.25. The van der Waals surface area contributed by atoms with Crippen LogP contribution in [0.15, 0.2) is 0 Å². The molecule has 0 aromatic heterocycles. The Balaban J connectivity index is 2.71. The minimum Gasteiger partial charge on any atom is -0.329 e. The Labute approximate surface area is 88.2 Å². The van der Waals surface area contributed by atoms with Crippen LogP contribution in [0.5, 0.6) is 0 Å². The monoisotopic (exact) mass is 199 g/mol. The Morgan fingerprint density at radius 2 is 1.93 bits per heavy atom. The number of likely N-dealkylation sites (N-methyl/N-ethyl adjacent to an activating group) is 1. The molecule has 14 heavy (non-hydrogen) atoms. The second-order valence-electron chi connectivity index (χ2n) is 5.37. The van der Waals surface area contributed by atoms with Crippen LogP contribution in [0.25, 0.3) is 0 Å². The zero-order valence-electron chi connectivity index (χ0n) is 10.1. The second kappa shape index (κ2) is 4.60. The maximum Gasteiger partial charge on any atom is 0.0350 e. The first-order valence-corrected chi connectivity index (χ1v) is 5.60. The third-order valence-corrected chi connectivity index (χ3v) is 3.04. The lowest BCUT2D eigenvalue weighted by molar-refractivity contribution is 0.0871. The van der Waals surface area contributed by atoms with Crippen molar-refractivity contribution in [2.75, 3.05) is 33.2 Å². The van der Waals surface area contributed by atoms with Gasteiger partial charge in [-0.2, -0.15) is 0 Å². The summed E-state index contributed by atoms with van der Waals surface area (Å²) in [4.78, 5) is 4.94. The van der Waals surface area contributed by atoms with Gasteiger partial charge in [0, 0.05) is 31.2 Å². The molecule has 0 spiro atoms. The number of hydrogen-bond acceptors (Lipinski definition) is 3. The standard InChI is InChI=1S/C11H25N3/c1-11(2,3)14-7-5-6-13(4)9-10(14)8-12/h10H,5-9,12H2,1-4H3. The first-order chi connectivity index (χ1) is 6.45. The van der Waals surface area contributed by atoms with Crippen molar-refractivity contribution in [3.8, 4) is 0 Å². The number of nitrogens with two attached hydrogens (primary N) is 1. The van der Waals surface area contributed by atoms with Crippen molar-refractivity contribution in [2.24, 2.45) is 5.73 Å². The third-order valence-electron chi connectivity index (χ3n) is 3.04. The molecule has 1 aliphatic heterocycles. The molecule has 0 aromatic carbocycles. The maximum atomic E-state index is 5.85. The van der Waals surface area contributed by atoms with E-state index in [2.05, 4.69) is 37.6 Å². The van der Waals surface area contributed by atoms with Crippen molar-refractivity contribution < 1.29 is 0 Å². The Bertz CT molecular complexity index is 174. The smallest absolute Gasteiger partial charge is 0.0350 e. The summed E-state index contributed by atoms with van der Waals surface area (Å²) in [6.45, 7) is 11.1. The summed E-state index contributed by atoms with van der Waals surface area (Å²) >= 11 is 0. The molecule has 1 aliphatic rings. The van der Waals surface area contributed by atoms with Gasteiger partial charge in [0.2, 0.25) is 0 Å². The molecule has 3 heteroatoms. The Kier molecular flexibility index (Phi) is 3.93. The molecule has 0 amide bonds. The van der Waals surface area contributed by atoms with Crippen LogP contribution in [0.4, 0.5) is 0 Å². The Morgan fingerprint density at radius 1 is 1.29 bits per heavy atom. The molecule has 84 valence electrons. The molecule has 1 heterocycles. The highest BCUT2D eigenvalue weighted by Crippen LogP contribution is 2.19. The van der Waals surface area contributed by atoms with Crippen LogP contribution in [0.1, 0.15) is 27.2 Å². The fourth-order valence-electron chi connectivity index (χ4n) is 2.33. The molecule has 1 rings (SSSR count). The molecule has 0 radical (unpaired) electrons. The average Bonchev–Trinajstić information content (AvgIpc) is 2.25. The quantitative estimate of drug-likeness (QED) is 0.676. The van der Waals surface area contributed by atoms with Gasteiger partial charge in [-0.1, -0.05) is 0 Å². The molecule has 1 saturated heterocycles. The summed E-state index contributed by atoms with van der Waals surface area (Å²) in [5, 5.41) is 0. The van der Waals surface area contributed by atoms with E-state index in [1.54, 1.807) is 0 Å². The van der Waals surface area contributed by atoms with Crippen molar-refractivity contribution in [3.05, 3.63) is 0 Å². The topological polar surface area (TPSA) is 32.5 Å². The molecule has 3 nitrogen and oxygen atoms in total. The van der Waals surface area contributed by atoms with E-state index in [1.165, 1.54) is 19.5 Å². The molecular weight excluding hydrogens is 174 g/mol. The van der Waals surface area contributed by atoms with E-state index in [9.17, 15) is 0 Å². The van der Waals surface area contributed by atoms with Gasteiger partial charge in [0.15, 0.2) is 0 Å². The summed E-state index contributed by atoms with van der Waals surface area (Å²) < 4.78 is 0. The van der Waals surface area contributed by atoms with Crippen molar-refractivity contribution >= 4 is 0 Å². The zero-order chi connectivity index (χ0) is 10.8. The second-order valence-corrected chi connectivity index (χ2v) is 5.37. The third kappa shape index (κ3) is 2.94. The van der Waals surface area contributed by atoms with Gasteiger partial charge in [-0.25, -0.2) is 0 Å². The molecule has 2 N–H and O–H groups in total. The minimum absolute atomic E-state index is 0.245. The molecule has 0 aliphatic carbocycles. The van der Waals surface area contributed by atoms with Gasteiger partial charge < -0.3 is 10.6 Å². The molecule has 0 saturated carbocycles. The van der Waals surface area contributed by atoms with Gasteiger partial charge in [-0.05, 0) is 40.8 Å². The molecular formula is C11H25N3. The van der Waals surface area contributed by atoms with Crippen LogP contribution in [-0.4, -0.2) is 54.6 Å². The summed E-state index contributed by atoms with van der Waals surface area (Å²) in [5.74, 6) is 0. The number of rotatable bonds is 1. The van der Waals surface area contributed by atoms with Crippen molar-refractivity contribution in [2.45, 2.75) is 38.8 Å². The number of nitrogens with zero attached hydrogens (tertiary/aromatic N) is 2. The average molecular weight is 199 g/mol. The van der Waals surface area contributed by atoms with E-state index in [1.807, 2.05) is 0 Å². The highest BCUT2D eigenvalue weighted by Gasteiger charge is 2.30. The minimum atomic E-state index is 0.245. The van der Waals surface area contributed by atoms with Gasteiger partial charge >= 0.3 is 0 Å². The lowest BCUT2D eigenvalue weighted by Crippen LogP contribution is -2.53. The normalized spacial score (nSPS) is 27.6. The Morgan fingerprint density at radius 3 is 2.43 bits per heavy atom. The van der Waals surface area contributed by atoms with Gasteiger partial charge in [0.05, 0.1) is 0 Å². The van der Waals surface area contributed by atoms with Crippen LogP contribution in [0, 0.1) is 0 Å². The molecule has 1 unspecified atom stereocenters. The predicted octanol–water partition coefficient (Wildman–Crippen LogP) is 0.750. The molecule has 0 aromatic rings. The molecule has 1 fully saturated rings. The van der Waals surface area contributed by atoms with E-state index in [0.717, 1.165) is 13.1 Å². The van der Waals surface area contributed by atoms with Crippen LogP contribution in [0.3, 0.4) is 0 Å². The molecule has 0 bridgehead atoms. The van der Waals surface area contributed by atoms with Gasteiger partial charge in [-0.3, -0.25) is 4.90 Å². The number of hydrogen-bond donors (Lipinski definition) is 1. The first-order valence-electron chi connectivity index (χ1n) is 5.60. The van der Waals surface area contributed by atoms with Crippen LogP contribution < -0.4 is 5.73 Å². The highest BCUT2D eigenvalue weighted by molar-refractivity contribution is 4.87. The van der Waals surface area contributed by atoms with Crippen LogP contribution in [0.2, 0.25) is 0 Å². The maximum absolute atomic E-state index is 5.85. The molecule has 1 atom stereocenters. The predicted molar refractivity (Wildman–Crippen MR) is 61.4 cm³/mol. The van der Waals surface area contributed by atoms with Crippen LogP contribution in [-0.2, 0) is 0 Å². The van der Waals surface area contributed by atoms with E-state index < -0.39 is 0 Å². The van der Waals surface area contributed by atoms with Gasteiger partial charge in [-0.15, -0.1) is 0 Å². The van der Waals surface area contributed by atoms with Gasteiger partial charge in [0.25, 0.3) is 0 Å². The van der Waals surface area contributed by atoms with E-state index in [-0.39, 0.29) is 5.54 Å². The summed E-state index contributed by atoms with van der Waals surface area (Å²) in [5.41, 5.74) is 6.10. The fourth-order valence-corrected chi connectivity index (χ4v) is 2.33. The largest absolute Gasteiger partial charge is 0.329 e. The SMILES string of the molecule is CN1CCCN(C(C)(C)C)C(CN)C1. The first kappa shape index (κ1) is 12.0. The van der Waals surface area contributed by atoms with Crippen LogP contribution >= 0.6 is 0 Å². The summed E-state index contributed by atoms with van der Waals surface area (Å²) in [6, 6.07) is 0.516. The van der Waals surface area contributed by atoms with Gasteiger partial charge in [0.1, 0.15) is 0 Å². The lowest BCUT2D eigenvalue weighted by atomic mass is 10.0. The lowest BCUT2D eigenvalue weighted by Gasteiger charge is -2.40. The zero-order valence-corrected chi connectivity index (χ0v) is 10.1. The van der Waals surface area contributed by atoms with E-state index in [0.29, 0.717) is 6.04 Å². The van der Waals surface area contributed by atoms with Crippen molar-refractivity contribution in [1.82, 2.24) is 9.80 Å². The Hall–Kier alpha value is -0.120.